The molecule has 2 atom stereocenters. The lowest BCUT2D eigenvalue weighted by Gasteiger charge is -2.37. The molecule has 0 saturated heterocycles. The number of carbonyl (C=O) groups excluding carboxylic acids is 1. The Labute approximate surface area is 233 Å². The third kappa shape index (κ3) is 12.0. The molecule has 0 fully saturated rings. The van der Waals surface area contributed by atoms with Crippen LogP contribution in [0.15, 0.2) is 54.6 Å². The van der Waals surface area contributed by atoms with Crippen molar-refractivity contribution in [2.24, 2.45) is 0 Å². The number of ether oxygens (including phenoxy) is 2. The summed E-state index contributed by atoms with van der Waals surface area (Å²) >= 11 is 0. The second-order valence-corrected chi connectivity index (χ2v) is 11.3. The molecular formula is C34H54NO3+. The van der Waals surface area contributed by atoms with E-state index in [9.17, 15) is 4.79 Å². The zero-order valence-corrected chi connectivity index (χ0v) is 24.9. The van der Waals surface area contributed by atoms with Crippen LogP contribution in [0.3, 0.4) is 0 Å². The van der Waals surface area contributed by atoms with E-state index < -0.39 is 6.29 Å². The van der Waals surface area contributed by atoms with Crippen LogP contribution in [-0.2, 0) is 22.5 Å². The van der Waals surface area contributed by atoms with E-state index in [2.05, 4.69) is 52.2 Å². The number of esters is 1. The molecule has 0 aromatic heterocycles. The van der Waals surface area contributed by atoms with Gasteiger partial charge >= 0.3 is 5.97 Å². The van der Waals surface area contributed by atoms with E-state index in [0.717, 1.165) is 31.6 Å². The van der Waals surface area contributed by atoms with E-state index in [0.29, 0.717) is 10.9 Å². The first kappa shape index (κ1) is 31.9. The van der Waals surface area contributed by atoms with Gasteiger partial charge in [-0.3, -0.25) is 0 Å². The van der Waals surface area contributed by atoms with Crippen molar-refractivity contribution in [2.45, 2.75) is 123 Å². The van der Waals surface area contributed by atoms with Crippen LogP contribution in [0.1, 0.15) is 109 Å². The van der Waals surface area contributed by atoms with Gasteiger partial charge in [0, 0.05) is 18.4 Å². The maximum absolute atomic E-state index is 13.3. The van der Waals surface area contributed by atoms with Gasteiger partial charge in [-0.15, -0.1) is 0 Å². The van der Waals surface area contributed by atoms with Crippen molar-refractivity contribution in [1.29, 1.82) is 0 Å². The van der Waals surface area contributed by atoms with E-state index >= 15 is 0 Å². The van der Waals surface area contributed by atoms with Crippen LogP contribution in [0, 0.1) is 0 Å². The van der Waals surface area contributed by atoms with Crippen LogP contribution >= 0.6 is 0 Å². The van der Waals surface area contributed by atoms with Crippen LogP contribution in [0.5, 0.6) is 5.75 Å². The van der Waals surface area contributed by atoms with E-state index in [1.807, 2.05) is 37.3 Å². The highest BCUT2D eigenvalue weighted by Gasteiger charge is 2.37. The van der Waals surface area contributed by atoms with Gasteiger partial charge in [-0.2, -0.15) is 0 Å². The number of likely N-dealkylation sites (N-methyl/N-ethyl adjacent to an activating group) is 1. The molecule has 0 spiro atoms. The zero-order valence-electron chi connectivity index (χ0n) is 24.9. The maximum atomic E-state index is 13.3. The van der Waals surface area contributed by atoms with Crippen molar-refractivity contribution < 1.29 is 18.8 Å². The van der Waals surface area contributed by atoms with E-state index in [4.69, 9.17) is 9.47 Å². The smallest absolute Gasteiger partial charge is 0.368 e. The largest absolute Gasteiger partial charge is 0.455 e. The van der Waals surface area contributed by atoms with Crippen molar-refractivity contribution >= 4 is 5.97 Å². The first-order valence-corrected chi connectivity index (χ1v) is 15.2. The minimum atomic E-state index is -0.582. The summed E-state index contributed by atoms with van der Waals surface area (Å²) in [5, 5.41) is 0. The van der Waals surface area contributed by atoms with E-state index in [1.54, 1.807) is 0 Å². The normalized spacial score (nSPS) is 13.2. The molecule has 0 N–H and O–H groups in total. The summed E-state index contributed by atoms with van der Waals surface area (Å²) < 4.78 is 12.6. The number of rotatable bonds is 20. The number of nitrogens with zero attached hydrogens (tertiary/aromatic N) is 1. The molecule has 2 unspecified atom stereocenters. The second kappa shape index (κ2) is 18.0. The number of hydrogen-bond acceptors (Lipinski definition) is 3. The highest BCUT2D eigenvalue weighted by molar-refractivity contribution is 5.74. The first-order chi connectivity index (χ1) is 18.4. The van der Waals surface area contributed by atoms with E-state index in [1.165, 1.54) is 68.9 Å². The average Bonchev–Trinajstić information content (AvgIpc) is 2.91. The molecule has 4 nitrogen and oxygen atoms in total. The lowest BCUT2D eigenvalue weighted by atomic mass is 10.0. The van der Waals surface area contributed by atoms with Crippen LogP contribution in [0.4, 0.5) is 0 Å². The summed E-state index contributed by atoms with van der Waals surface area (Å²) in [4.78, 5) is 13.3. The Morgan fingerprint density at radius 2 is 1.34 bits per heavy atom. The Morgan fingerprint density at radius 3 is 1.92 bits per heavy atom. The van der Waals surface area contributed by atoms with Crippen LogP contribution in [0.2, 0.25) is 0 Å². The van der Waals surface area contributed by atoms with E-state index in [-0.39, 0.29) is 12.0 Å². The zero-order chi connectivity index (χ0) is 27.6. The molecule has 4 heteroatoms. The molecule has 2 aromatic rings. The van der Waals surface area contributed by atoms with Crippen molar-refractivity contribution in [3.05, 3.63) is 65.7 Å². The highest BCUT2D eigenvalue weighted by Crippen LogP contribution is 2.22. The van der Waals surface area contributed by atoms with Crippen molar-refractivity contribution in [2.75, 3.05) is 14.1 Å². The van der Waals surface area contributed by atoms with Gasteiger partial charge in [0.1, 0.15) is 12.3 Å². The van der Waals surface area contributed by atoms with Gasteiger partial charge in [-0.25, -0.2) is 4.79 Å². The third-order valence-electron chi connectivity index (χ3n) is 7.45. The number of unbranched alkanes of at least 4 members (excludes halogenated alkanes) is 8. The molecule has 2 rings (SSSR count). The van der Waals surface area contributed by atoms with Crippen molar-refractivity contribution in [3.8, 4) is 5.75 Å². The number of benzene rings is 2. The summed E-state index contributed by atoms with van der Waals surface area (Å²) in [7, 11) is 4.23. The summed E-state index contributed by atoms with van der Waals surface area (Å²) in [5.74, 6) is 0.576. The second-order valence-electron chi connectivity index (χ2n) is 11.3. The molecule has 0 amide bonds. The fourth-order valence-corrected chi connectivity index (χ4v) is 5.12. The number of hydrogen-bond donors (Lipinski definition) is 0. The molecule has 0 aliphatic rings. The van der Waals surface area contributed by atoms with Crippen LogP contribution in [0.25, 0.3) is 0 Å². The maximum Gasteiger partial charge on any atom is 0.368 e. The lowest BCUT2D eigenvalue weighted by molar-refractivity contribution is -0.920. The third-order valence-corrected chi connectivity index (χ3v) is 7.45. The predicted molar refractivity (Wildman–Crippen MR) is 159 cm³/mol. The molecule has 0 saturated carbocycles. The van der Waals surface area contributed by atoms with Gasteiger partial charge in [0.25, 0.3) is 0 Å². The minimum Gasteiger partial charge on any atom is -0.455 e. The molecule has 38 heavy (non-hydrogen) atoms. The van der Waals surface area contributed by atoms with Gasteiger partial charge in [0.2, 0.25) is 6.29 Å². The van der Waals surface area contributed by atoms with Crippen molar-refractivity contribution in [1.82, 2.24) is 0 Å². The molecule has 0 aliphatic heterocycles. The summed E-state index contributed by atoms with van der Waals surface area (Å²) in [5.41, 5.74) is 2.56. The molecular weight excluding hydrogens is 470 g/mol. The predicted octanol–water partition coefficient (Wildman–Crippen LogP) is 8.86. The van der Waals surface area contributed by atoms with Gasteiger partial charge in [-0.1, -0.05) is 115 Å². The SMILES string of the molecule is CCCCCCCCCCCc1ccc(OC(CC)OC(=O)C(CCC)[N+](C)(C)Cc2ccccc2)cc1. The number of carbonyl (C=O) groups is 1. The van der Waals surface area contributed by atoms with Gasteiger partial charge in [-0.05, 0) is 37.0 Å². The highest BCUT2D eigenvalue weighted by atomic mass is 16.7. The van der Waals surface area contributed by atoms with Crippen molar-refractivity contribution in [3.63, 3.8) is 0 Å². The first-order valence-electron chi connectivity index (χ1n) is 15.2. The summed E-state index contributed by atoms with van der Waals surface area (Å²) in [6.07, 6.45) is 15.0. The monoisotopic (exact) mass is 524 g/mol. The van der Waals surface area contributed by atoms with Gasteiger partial charge in [0.15, 0.2) is 6.04 Å². The quantitative estimate of drug-likeness (QED) is 0.0751. The Balaban J connectivity index is 1.81. The molecule has 0 radical (unpaired) electrons. The fourth-order valence-electron chi connectivity index (χ4n) is 5.12. The van der Waals surface area contributed by atoms with Crippen LogP contribution in [-0.4, -0.2) is 36.9 Å². The summed E-state index contributed by atoms with van der Waals surface area (Å²) in [6, 6.07) is 18.4. The fraction of sp³-hybridized carbons (Fsp3) is 0.618. The Bertz CT molecular complexity index is 878. The topological polar surface area (TPSA) is 35.5 Å². The summed E-state index contributed by atoms with van der Waals surface area (Å²) in [6.45, 7) is 7.16. The van der Waals surface area contributed by atoms with Gasteiger partial charge < -0.3 is 14.0 Å². The van der Waals surface area contributed by atoms with Gasteiger partial charge in [0.05, 0.1) is 14.1 Å². The minimum absolute atomic E-state index is 0.179. The Morgan fingerprint density at radius 1 is 0.737 bits per heavy atom. The molecule has 0 bridgehead atoms. The number of aryl methyl sites for hydroxylation is 1. The Hall–Kier alpha value is -2.33. The average molecular weight is 525 g/mol. The Kier molecular flexibility index (Phi) is 15.1. The lowest BCUT2D eigenvalue weighted by Crippen LogP contribution is -2.53. The molecule has 2 aromatic carbocycles. The standard InChI is InChI=1S/C34H54NO3/c1-6-9-10-11-12-13-14-15-17-21-29-24-26-31(27-25-29)37-33(8-3)38-34(36)32(20-7-2)35(4,5)28-30-22-18-16-19-23-30/h16,18-19,22-27,32-33H,6-15,17,20-21,28H2,1-5H3/q+1. The molecule has 0 aliphatic carbocycles. The molecule has 0 heterocycles. The van der Waals surface area contributed by atoms with Crippen LogP contribution < -0.4 is 4.74 Å². The number of quaternary nitrogens is 1. The molecule has 212 valence electrons.